The summed E-state index contributed by atoms with van der Waals surface area (Å²) in [5.41, 5.74) is 3.36. The van der Waals surface area contributed by atoms with Crippen molar-refractivity contribution >= 4 is 11.6 Å². The zero-order valence-electron chi connectivity index (χ0n) is 10.7. The molecule has 1 aliphatic rings. The summed E-state index contributed by atoms with van der Waals surface area (Å²) in [6.45, 7) is 7.97. The van der Waals surface area contributed by atoms with Gasteiger partial charge in [-0.25, -0.2) is 0 Å². The lowest BCUT2D eigenvalue weighted by Crippen LogP contribution is -2.27. The quantitative estimate of drug-likeness (QED) is 0.820. The molecule has 1 aliphatic heterocycles. The Balaban J connectivity index is 2.05. The van der Waals surface area contributed by atoms with Gasteiger partial charge >= 0.3 is 0 Å². The number of nitrogens with one attached hydrogen (secondary N) is 2. The first kappa shape index (κ1) is 12.1. The molecule has 0 bridgehead atoms. The van der Waals surface area contributed by atoms with Crippen LogP contribution in [0.25, 0.3) is 0 Å². The van der Waals surface area contributed by atoms with E-state index in [2.05, 4.69) is 31.4 Å². The van der Waals surface area contributed by atoms with Gasteiger partial charge in [0.15, 0.2) is 0 Å². The highest BCUT2D eigenvalue weighted by atomic mass is 16.1. The van der Waals surface area contributed by atoms with Crippen LogP contribution < -0.4 is 10.6 Å². The number of benzene rings is 1. The van der Waals surface area contributed by atoms with Crippen molar-refractivity contribution in [3.8, 4) is 0 Å². The van der Waals surface area contributed by atoms with E-state index in [0.717, 1.165) is 18.8 Å². The van der Waals surface area contributed by atoms with Crippen molar-refractivity contribution in [1.82, 2.24) is 5.32 Å². The van der Waals surface area contributed by atoms with E-state index >= 15 is 0 Å². The lowest BCUT2D eigenvalue weighted by atomic mass is 9.97. The van der Waals surface area contributed by atoms with E-state index < -0.39 is 0 Å². The zero-order chi connectivity index (χ0) is 12.4. The smallest absolute Gasteiger partial charge is 0.229 e. The monoisotopic (exact) mass is 232 g/mol. The van der Waals surface area contributed by atoms with E-state index in [9.17, 15) is 4.79 Å². The number of aryl methyl sites for hydroxylation is 2. The van der Waals surface area contributed by atoms with Crippen molar-refractivity contribution in [2.24, 2.45) is 11.8 Å². The van der Waals surface area contributed by atoms with Crippen molar-refractivity contribution in [2.45, 2.75) is 20.8 Å². The molecule has 17 heavy (non-hydrogen) atoms. The van der Waals surface area contributed by atoms with Gasteiger partial charge in [0.25, 0.3) is 0 Å². The molecule has 1 saturated heterocycles. The van der Waals surface area contributed by atoms with Crippen LogP contribution in [0.5, 0.6) is 0 Å². The Labute approximate surface area is 103 Å². The van der Waals surface area contributed by atoms with Crippen molar-refractivity contribution in [1.29, 1.82) is 0 Å². The first-order chi connectivity index (χ1) is 8.08. The van der Waals surface area contributed by atoms with Crippen molar-refractivity contribution in [3.63, 3.8) is 0 Å². The molecular weight excluding hydrogens is 212 g/mol. The van der Waals surface area contributed by atoms with Crippen LogP contribution in [0.2, 0.25) is 0 Å². The third kappa shape index (κ3) is 2.67. The van der Waals surface area contributed by atoms with Gasteiger partial charge in [-0.3, -0.25) is 4.79 Å². The predicted octanol–water partition coefficient (Wildman–Crippen LogP) is 2.10. The Morgan fingerprint density at radius 2 is 2.06 bits per heavy atom. The lowest BCUT2D eigenvalue weighted by Gasteiger charge is -2.14. The number of anilines is 1. The number of hydrogen-bond donors (Lipinski definition) is 2. The van der Waals surface area contributed by atoms with Gasteiger partial charge in [-0.2, -0.15) is 0 Å². The second-order valence-corrected chi connectivity index (χ2v) is 5.03. The van der Waals surface area contributed by atoms with Gasteiger partial charge in [0, 0.05) is 12.2 Å². The molecule has 1 heterocycles. The standard InChI is InChI=1S/C14H20N2O/c1-9-4-5-12(6-10(9)2)16-14(17)13-8-15-7-11(13)3/h4-6,11,13,15H,7-8H2,1-3H3,(H,16,17)/t11-,13-/m1/s1. The largest absolute Gasteiger partial charge is 0.326 e. The highest BCUT2D eigenvalue weighted by molar-refractivity contribution is 5.93. The summed E-state index contributed by atoms with van der Waals surface area (Å²) < 4.78 is 0. The zero-order valence-corrected chi connectivity index (χ0v) is 10.7. The molecule has 1 aromatic rings. The molecule has 92 valence electrons. The Bertz CT molecular complexity index is 428. The second kappa shape index (κ2) is 4.88. The maximum Gasteiger partial charge on any atom is 0.229 e. The molecule has 0 unspecified atom stereocenters. The highest BCUT2D eigenvalue weighted by Crippen LogP contribution is 2.19. The Morgan fingerprint density at radius 3 is 2.65 bits per heavy atom. The van der Waals surface area contributed by atoms with Gasteiger partial charge in [0.1, 0.15) is 0 Å². The number of carbonyl (C=O) groups excluding carboxylic acids is 1. The average molecular weight is 232 g/mol. The topological polar surface area (TPSA) is 41.1 Å². The second-order valence-electron chi connectivity index (χ2n) is 5.03. The fourth-order valence-corrected chi connectivity index (χ4v) is 2.22. The summed E-state index contributed by atoms with van der Waals surface area (Å²) in [4.78, 5) is 12.1. The lowest BCUT2D eigenvalue weighted by molar-refractivity contribution is -0.120. The maximum atomic E-state index is 12.1. The van der Waals surface area contributed by atoms with Crippen LogP contribution in [0.4, 0.5) is 5.69 Å². The molecule has 0 spiro atoms. The Morgan fingerprint density at radius 1 is 1.29 bits per heavy atom. The molecule has 3 heteroatoms. The first-order valence-corrected chi connectivity index (χ1v) is 6.17. The van der Waals surface area contributed by atoms with Gasteiger partial charge in [-0.15, -0.1) is 0 Å². The first-order valence-electron chi connectivity index (χ1n) is 6.17. The maximum absolute atomic E-state index is 12.1. The third-order valence-corrected chi connectivity index (χ3v) is 3.63. The molecule has 3 nitrogen and oxygen atoms in total. The van der Waals surface area contributed by atoms with Crippen molar-refractivity contribution in [3.05, 3.63) is 29.3 Å². The van der Waals surface area contributed by atoms with Gasteiger partial charge < -0.3 is 10.6 Å². The molecule has 0 aromatic heterocycles. The minimum absolute atomic E-state index is 0.0941. The van der Waals surface area contributed by atoms with E-state index in [1.54, 1.807) is 0 Å². The van der Waals surface area contributed by atoms with E-state index in [4.69, 9.17) is 0 Å². The molecule has 1 amide bonds. The van der Waals surface area contributed by atoms with Gasteiger partial charge in [0.2, 0.25) is 5.91 Å². The van der Waals surface area contributed by atoms with Gasteiger partial charge in [-0.05, 0) is 49.6 Å². The number of amides is 1. The molecule has 0 radical (unpaired) electrons. The molecule has 1 aromatic carbocycles. The SMILES string of the molecule is Cc1ccc(NC(=O)[C@@H]2CNC[C@H]2C)cc1C. The van der Waals surface area contributed by atoms with E-state index in [1.165, 1.54) is 11.1 Å². The predicted molar refractivity (Wildman–Crippen MR) is 70.1 cm³/mol. The molecule has 2 rings (SSSR count). The summed E-state index contributed by atoms with van der Waals surface area (Å²) in [5, 5.41) is 6.25. The fourth-order valence-electron chi connectivity index (χ4n) is 2.22. The molecule has 2 N–H and O–H groups in total. The third-order valence-electron chi connectivity index (χ3n) is 3.63. The Kier molecular flexibility index (Phi) is 3.48. The van der Waals surface area contributed by atoms with Crippen LogP contribution in [0, 0.1) is 25.7 Å². The number of hydrogen-bond acceptors (Lipinski definition) is 2. The molecule has 2 atom stereocenters. The normalized spacial score (nSPS) is 23.7. The summed E-state index contributed by atoms with van der Waals surface area (Å²) in [5.74, 6) is 0.643. The fraction of sp³-hybridized carbons (Fsp3) is 0.500. The van der Waals surface area contributed by atoms with Gasteiger partial charge in [-0.1, -0.05) is 13.0 Å². The van der Waals surface area contributed by atoms with Crippen LogP contribution in [-0.2, 0) is 4.79 Å². The van der Waals surface area contributed by atoms with Crippen LogP contribution in [0.3, 0.4) is 0 Å². The molecular formula is C14H20N2O. The van der Waals surface area contributed by atoms with Crippen LogP contribution >= 0.6 is 0 Å². The summed E-state index contributed by atoms with van der Waals surface area (Å²) in [7, 11) is 0. The molecule has 1 fully saturated rings. The number of rotatable bonds is 2. The minimum Gasteiger partial charge on any atom is -0.326 e. The van der Waals surface area contributed by atoms with Gasteiger partial charge in [0.05, 0.1) is 5.92 Å². The Hall–Kier alpha value is -1.35. The van der Waals surface area contributed by atoms with E-state index in [1.807, 2.05) is 18.2 Å². The van der Waals surface area contributed by atoms with Crippen molar-refractivity contribution < 1.29 is 4.79 Å². The van der Waals surface area contributed by atoms with E-state index in [-0.39, 0.29) is 11.8 Å². The molecule has 0 aliphatic carbocycles. The van der Waals surface area contributed by atoms with Crippen LogP contribution in [-0.4, -0.2) is 19.0 Å². The van der Waals surface area contributed by atoms with Crippen LogP contribution in [0.1, 0.15) is 18.1 Å². The average Bonchev–Trinajstić information content (AvgIpc) is 2.70. The van der Waals surface area contributed by atoms with E-state index in [0.29, 0.717) is 5.92 Å². The summed E-state index contributed by atoms with van der Waals surface area (Å²) >= 11 is 0. The van der Waals surface area contributed by atoms with Crippen LogP contribution in [0.15, 0.2) is 18.2 Å². The van der Waals surface area contributed by atoms with Crippen molar-refractivity contribution in [2.75, 3.05) is 18.4 Å². The summed E-state index contributed by atoms with van der Waals surface area (Å²) in [6, 6.07) is 6.04. The highest BCUT2D eigenvalue weighted by Gasteiger charge is 2.29. The summed E-state index contributed by atoms with van der Waals surface area (Å²) in [6.07, 6.45) is 0. The minimum atomic E-state index is 0.0941. The number of carbonyl (C=O) groups is 1. The molecule has 0 saturated carbocycles.